The fraction of sp³-hybridized carbons (Fsp3) is 0.429. The van der Waals surface area contributed by atoms with Crippen LogP contribution in [0, 0.1) is 0 Å². The Labute approximate surface area is 93.6 Å². The molecule has 0 heterocycles. The van der Waals surface area contributed by atoms with Crippen LogP contribution < -0.4 is 0 Å². The molecule has 0 fully saturated rings. The van der Waals surface area contributed by atoms with Crippen LogP contribution in [0.25, 0.3) is 0 Å². The Morgan fingerprint density at radius 3 is 2.20 bits per heavy atom. The van der Waals surface area contributed by atoms with Crippen molar-refractivity contribution in [2.45, 2.75) is 19.4 Å². The number of benzene rings is 1. The second-order valence-corrected chi connectivity index (χ2v) is 5.08. The molecular formula is C14H22N+. The lowest BCUT2D eigenvalue weighted by Crippen LogP contribution is -2.53. The lowest BCUT2D eigenvalue weighted by Gasteiger charge is -2.44. The molecule has 0 N–H and O–H groups in total. The van der Waals surface area contributed by atoms with Gasteiger partial charge in [0.15, 0.2) is 0 Å². The standard InChI is InChI=1S/C14H22N/c1-6-12-15(4,5)14(2,3)13-10-8-7-9-11-13/h6-11H,1,12H2,2-5H3/q+1. The molecule has 1 aromatic rings. The lowest BCUT2D eigenvalue weighted by atomic mass is 9.90. The highest BCUT2D eigenvalue weighted by atomic mass is 15.4. The van der Waals surface area contributed by atoms with Gasteiger partial charge in [-0.15, -0.1) is 0 Å². The van der Waals surface area contributed by atoms with E-state index in [0.717, 1.165) is 11.0 Å². The average molecular weight is 204 g/mol. The Hall–Kier alpha value is -1.08. The molecule has 0 aromatic heterocycles. The highest BCUT2D eigenvalue weighted by Crippen LogP contribution is 2.31. The zero-order valence-electron chi connectivity index (χ0n) is 10.3. The molecule has 0 saturated carbocycles. The van der Waals surface area contributed by atoms with Crippen molar-refractivity contribution < 1.29 is 4.48 Å². The molecule has 0 bridgehead atoms. The molecule has 0 saturated heterocycles. The topological polar surface area (TPSA) is 0 Å². The van der Waals surface area contributed by atoms with Gasteiger partial charge in [0.1, 0.15) is 5.54 Å². The van der Waals surface area contributed by atoms with Gasteiger partial charge in [0.2, 0.25) is 0 Å². The van der Waals surface area contributed by atoms with E-state index in [1.807, 2.05) is 6.08 Å². The van der Waals surface area contributed by atoms with Gasteiger partial charge < -0.3 is 4.48 Å². The average Bonchev–Trinajstić information content (AvgIpc) is 2.19. The summed E-state index contributed by atoms with van der Waals surface area (Å²) in [5.74, 6) is 0. The highest BCUT2D eigenvalue weighted by Gasteiger charge is 2.36. The van der Waals surface area contributed by atoms with Crippen molar-refractivity contribution in [1.82, 2.24) is 0 Å². The molecule has 0 atom stereocenters. The minimum absolute atomic E-state index is 0.107. The van der Waals surface area contributed by atoms with E-state index in [-0.39, 0.29) is 5.54 Å². The third-order valence-corrected chi connectivity index (χ3v) is 3.58. The van der Waals surface area contributed by atoms with Gasteiger partial charge in [-0.1, -0.05) is 36.9 Å². The lowest BCUT2D eigenvalue weighted by molar-refractivity contribution is -0.940. The van der Waals surface area contributed by atoms with Gasteiger partial charge in [0.25, 0.3) is 0 Å². The Morgan fingerprint density at radius 2 is 1.73 bits per heavy atom. The first-order valence-electron chi connectivity index (χ1n) is 5.41. The number of quaternary nitrogens is 1. The van der Waals surface area contributed by atoms with Crippen LogP contribution in [-0.2, 0) is 5.54 Å². The van der Waals surface area contributed by atoms with Crippen LogP contribution in [0.3, 0.4) is 0 Å². The molecule has 15 heavy (non-hydrogen) atoms. The fourth-order valence-electron chi connectivity index (χ4n) is 1.75. The summed E-state index contributed by atoms with van der Waals surface area (Å²) in [6.45, 7) is 9.38. The van der Waals surface area contributed by atoms with Crippen LogP contribution in [0.5, 0.6) is 0 Å². The highest BCUT2D eigenvalue weighted by molar-refractivity contribution is 5.20. The van der Waals surface area contributed by atoms with E-state index in [1.165, 1.54) is 5.56 Å². The third-order valence-electron chi connectivity index (χ3n) is 3.58. The maximum atomic E-state index is 3.84. The monoisotopic (exact) mass is 204 g/mol. The minimum atomic E-state index is 0.107. The van der Waals surface area contributed by atoms with Crippen molar-refractivity contribution in [1.29, 1.82) is 0 Å². The Balaban J connectivity index is 3.06. The number of likely N-dealkylation sites (N-methyl/N-ethyl adjacent to an activating group) is 1. The molecule has 0 aliphatic heterocycles. The van der Waals surface area contributed by atoms with E-state index in [0.29, 0.717) is 0 Å². The van der Waals surface area contributed by atoms with Gasteiger partial charge in [0.05, 0.1) is 20.6 Å². The molecule has 1 rings (SSSR count). The maximum Gasteiger partial charge on any atom is 0.119 e. The smallest absolute Gasteiger partial charge is 0.119 e. The van der Waals surface area contributed by atoms with E-state index >= 15 is 0 Å². The number of rotatable bonds is 4. The van der Waals surface area contributed by atoms with E-state index in [2.05, 4.69) is 64.9 Å². The quantitative estimate of drug-likeness (QED) is 0.522. The summed E-state index contributed by atoms with van der Waals surface area (Å²) in [6.07, 6.45) is 1.99. The Morgan fingerprint density at radius 1 is 1.20 bits per heavy atom. The summed E-state index contributed by atoms with van der Waals surface area (Å²) < 4.78 is 0.917. The van der Waals surface area contributed by atoms with Gasteiger partial charge in [0, 0.05) is 5.56 Å². The van der Waals surface area contributed by atoms with Gasteiger partial charge in [-0.2, -0.15) is 0 Å². The first-order valence-corrected chi connectivity index (χ1v) is 5.41. The molecule has 0 spiro atoms. The molecule has 0 aliphatic rings. The predicted molar refractivity (Wildman–Crippen MR) is 66.6 cm³/mol. The van der Waals surface area contributed by atoms with E-state index in [1.54, 1.807) is 0 Å². The molecule has 0 amide bonds. The second kappa shape index (κ2) is 4.19. The number of nitrogens with zero attached hydrogens (tertiary/aromatic N) is 1. The first kappa shape index (κ1) is 12.0. The fourth-order valence-corrected chi connectivity index (χ4v) is 1.75. The van der Waals surface area contributed by atoms with Crippen LogP contribution in [0.4, 0.5) is 0 Å². The third kappa shape index (κ3) is 2.29. The van der Waals surface area contributed by atoms with Crippen molar-refractivity contribution in [2.75, 3.05) is 20.6 Å². The summed E-state index contributed by atoms with van der Waals surface area (Å²) in [5.41, 5.74) is 1.48. The van der Waals surface area contributed by atoms with E-state index in [9.17, 15) is 0 Å². The summed E-state index contributed by atoms with van der Waals surface area (Å²) in [5, 5.41) is 0. The zero-order valence-corrected chi connectivity index (χ0v) is 10.3. The van der Waals surface area contributed by atoms with E-state index < -0.39 is 0 Å². The van der Waals surface area contributed by atoms with Crippen LogP contribution in [0.1, 0.15) is 19.4 Å². The van der Waals surface area contributed by atoms with Crippen molar-refractivity contribution in [2.24, 2.45) is 0 Å². The minimum Gasteiger partial charge on any atom is -0.317 e. The number of hydrogen-bond acceptors (Lipinski definition) is 0. The summed E-state index contributed by atoms with van der Waals surface area (Å²) in [6, 6.07) is 10.7. The molecule has 1 heteroatoms. The van der Waals surface area contributed by atoms with Gasteiger partial charge in [-0.25, -0.2) is 0 Å². The summed E-state index contributed by atoms with van der Waals surface area (Å²) in [7, 11) is 4.49. The van der Waals surface area contributed by atoms with Crippen molar-refractivity contribution >= 4 is 0 Å². The zero-order chi connectivity index (χ0) is 11.5. The Bertz CT molecular complexity index is 322. The maximum absolute atomic E-state index is 3.84. The molecule has 0 aliphatic carbocycles. The van der Waals surface area contributed by atoms with Crippen molar-refractivity contribution in [3.05, 3.63) is 48.6 Å². The largest absolute Gasteiger partial charge is 0.317 e. The van der Waals surface area contributed by atoms with Crippen LogP contribution >= 0.6 is 0 Å². The second-order valence-electron chi connectivity index (χ2n) is 5.08. The SMILES string of the molecule is C=CC[N+](C)(C)C(C)(C)c1ccccc1. The normalized spacial score (nSPS) is 12.5. The first-order chi connectivity index (χ1) is 6.92. The molecule has 1 nitrogen and oxygen atoms in total. The Kier molecular flexibility index (Phi) is 3.35. The summed E-state index contributed by atoms with van der Waals surface area (Å²) in [4.78, 5) is 0. The van der Waals surface area contributed by atoms with Crippen LogP contribution in [0.2, 0.25) is 0 Å². The van der Waals surface area contributed by atoms with Gasteiger partial charge >= 0.3 is 0 Å². The van der Waals surface area contributed by atoms with Crippen molar-refractivity contribution in [3.8, 4) is 0 Å². The molecule has 0 radical (unpaired) electrons. The molecule has 0 unspecified atom stereocenters. The summed E-state index contributed by atoms with van der Waals surface area (Å²) >= 11 is 0. The van der Waals surface area contributed by atoms with Crippen LogP contribution in [-0.4, -0.2) is 25.1 Å². The predicted octanol–water partition coefficient (Wildman–Crippen LogP) is 3.18. The van der Waals surface area contributed by atoms with Gasteiger partial charge in [-0.3, -0.25) is 0 Å². The molecule has 82 valence electrons. The van der Waals surface area contributed by atoms with E-state index in [4.69, 9.17) is 0 Å². The number of hydrogen-bond donors (Lipinski definition) is 0. The van der Waals surface area contributed by atoms with Crippen molar-refractivity contribution in [3.63, 3.8) is 0 Å². The van der Waals surface area contributed by atoms with Gasteiger partial charge in [-0.05, 0) is 19.9 Å². The van der Waals surface area contributed by atoms with Crippen LogP contribution in [0.15, 0.2) is 43.0 Å². The molecular weight excluding hydrogens is 182 g/mol. The molecule has 1 aromatic carbocycles.